The summed E-state index contributed by atoms with van der Waals surface area (Å²) in [6.45, 7) is 4.73. The van der Waals surface area contributed by atoms with E-state index in [4.69, 9.17) is 0 Å². The Balaban J connectivity index is 1.53. The van der Waals surface area contributed by atoms with Crippen LogP contribution in [0.5, 0.6) is 0 Å². The molecule has 1 heterocycles. The minimum Gasteiger partial charge on any atom is -0.352 e. The number of hydrogen-bond donors (Lipinski definition) is 2. The van der Waals surface area contributed by atoms with Gasteiger partial charge in [-0.05, 0) is 36.5 Å². The molecule has 1 saturated carbocycles. The van der Waals surface area contributed by atoms with Gasteiger partial charge >= 0.3 is 0 Å². The second-order valence-electron chi connectivity index (χ2n) is 6.74. The molecule has 0 bridgehead atoms. The smallest absolute Gasteiger partial charge is 0.257 e. The maximum atomic E-state index is 12.3. The molecule has 0 aliphatic heterocycles. The highest BCUT2D eigenvalue weighted by molar-refractivity contribution is 7.15. The van der Waals surface area contributed by atoms with Gasteiger partial charge in [0.15, 0.2) is 0 Å². The van der Waals surface area contributed by atoms with Gasteiger partial charge in [-0.3, -0.25) is 14.9 Å². The van der Waals surface area contributed by atoms with E-state index in [1.54, 1.807) is 12.1 Å². The van der Waals surface area contributed by atoms with Gasteiger partial charge in [-0.1, -0.05) is 37.3 Å². The summed E-state index contributed by atoms with van der Waals surface area (Å²) in [5.41, 5.74) is 1.53. The van der Waals surface area contributed by atoms with E-state index in [1.165, 1.54) is 11.3 Å². The predicted molar refractivity (Wildman–Crippen MR) is 97.4 cm³/mol. The molecule has 3 rings (SSSR count). The zero-order valence-electron chi connectivity index (χ0n) is 14.4. The number of carbonyl (C=O) groups excluding carboxylic acids is 2. The number of aromatic nitrogens is 2. The molecule has 7 heteroatoms. The van der Waals surface area contributed by atoms with E-state index in [0.29, 0.717) is 23.2 Å². The van der Waals surface area contributed by atoms with Crippen LogP contribution < -0.4 is 10.6 Å². The maximum absolute atomic E-state index is 12.3. The number of benzene rings is 1. The minimum absolute atomic E-state index is 0.121. The molecule has 2 N–H and O–H groups in total. The molecule has 1 fully saturated rings. The van der Waals surface area contributed by atoms with Crippen LogP contribution in [0, 0.1) is 11.8 Å². The van der Waals surface area contributed by atoms with Gasteiger partial charge in [0.2, 0.25) is 11.0 Å². The summed E-state index contributed by atoms with van der Waals surface area (Å²) < 4.78 is 0. The van der Waals surface area contributed by atoms with E-state index >= 15 is 0 Å². The van der Waals surface area contributed by atoms with E-state index < -0.39 is 0 Å². The number of anilines is 1. The molecule has 1 aliphatic rings. The van der Waals surface area contributed by atoms with Crippen LogP contribution in [0.3, 0.4) is 0 Å². The molecule has 1 aromatic carbocycles. The van der Waals surface area contributed by atoms with Crippen LogP contribution in [0.25, 0.3) is 0 Å². The first-order valence-corrected chi connectivity index (χ1v) is 9.33. The fourth-order valence-electron chi connectivity index (χ4n) is 2.36. The Morgan fingerprint density at radius 3 is 2.56 bits per heavy atom. The van der Waals surface area contributed by atoms with Gasteiger partial charge in [-0.2, -0.15) is 0 Å². The average molecular weight is 358 g/mol. The topological polar surface area (TPSA) is 84.0 Å². The summed E-state index contributed by atoms with van der Waals surface area (Å²) in [4.78, 5) is 23.9. The Kier molecular flexibility index (Phi) is 5.43. The first kappa shape index (κ1) is 17.5. The maximum Gasteiger partial charge on any atom is 0.257 e. The van der Waals surface area contributed by atoms with Crippen molar-refractivity contribution in [3.63, 3.8) is 0 Å². The van der Waals surface area contributed by atoms with Gasteiger partial charge < -0.3 is 5.32 Å². The Morgan fingerprint density at radius 1 is 1.20 bits per heavy atom. The van der Waals surface area contributed by atoms with E-state index in [0.717, 1.165) is 29.8 Å². The lowest BCUT2D eigenvalue weighted by molar-refractivity contribution is -0.122. The van der Waals surface area contributed by atoms with Crippen molar-refractivity contribution in [2.45, 2.75) is 39.7 Å². The average Bonchev–Trinajstić information content (AvgIpc) is 3.35. The van der Waals surface area contributed by atoms with Gasteiger partial charge in [0.1, 0.15) is 5.01 Å². The van der Waals surface area contributed by atoms with E-state index in [1.807, 2.05) is 12.1 Å². The van der Waals surface area contributed by atoms with Crippen molar-refractivity contribution in [1.82, 2.24) is 15.5 Å². The van der Waals surface area contributed by atoms with Gasteiger partial charge in [-0.15, -0.1) is 10.2 Å². The van der Waals surface area contributed by atoms with Crippen LogP contribution in [-0.2, 0) is 17.8 Å². The van der Waals surface area contributed by atoms with Gasteiger partial charge in [0.05, 0.1) is 0 Å². The zero-order valence-corrected chi connectivity index (χ0v) is 15.2. The van der Waals surface area contributed by atoms with Crippen molar-refractivity contribution in [3.05, 3.63) is 40.4 Å². The SMILES string of the molecule is CC(C)Cc1nnc(NC(=O)c2ccc(CNC(=O)C3CC3)cc2)s1. The molecule has 0 unspecified atom stereocenters. The van der Waals surface area contributed by atoms with Crippen LogP contribution in [0.4, 0.5) is 5.13 Å². The second kappa shape index (κ2) is 7.74. The largest absolute Gasteiger partial charge is 0.352 e. The summed E-state index contributed by atoms with van der Waals surface area (Å²) in [5, 5.41) is 15.2. The number of nitrogens with one attached hydrogen (secondary N) is 2. The van der Waals surface area contributed by atoms with Crippen molar-refractivity contribution >= 4 is 28.3 Å². The number of rotatable bonds is 7. The highest BCUT2D eigenvalue weighted by atomic mass is 32.1. The van der Waals surface area contributed by atoms with Crippen LogP contribution in [0.2, 0.25) is 0 Å². The Bertz CT molecular complexity index is 751. The summed E-state index contributed by atoms with van der Waals surface area (Å²) in [7, 11) is 0. The van der Waals surface area contributed by atoms with Crippen molar-refractivity contribution in [1.29, 1.82) is 0 Å². The third-order valence-electron chi connectivity index (χ3n) is 3.90. The first-order chi connectivity index (χ1) is 12.0. The predicted octanol–water partition coefficient (Wildman–Crippen LogP) is 3.02. The molecule has 25 heavy (non-hydrogen) atoms. The summed E-state index contributed by atoms with van der Waals surface area (Å²) in [6, 6.07) is 7.22. The number of amides is 2. The molecule has 1 aromatic heterocycles. The Hall–Kier alpha value is -2.28. The fraction of sp³-hybridized carbons (Fsp3) is 0.444. The summed E-state index contributed by atoms with van der Waals surface area (Å²) in [5.74, 6) is 0.623. The van der Waals surface area contributed by atoms with Crippen LogP contribution in [0.1, 0.15) is 47.6 Å². The fourth-order valence-corrected chi connectivity index (χ4v) is 3.31. The summed E-state index contributed by atoms with van der Waals surface area (Å²) >= 11 is 1.41. The molecule has 132 valence electrons. The molecule has 0 saturated heterocycles. The monoisotopic (exact) mass is 358 g/mol. The van der Waals surface area contributed by atoms with Gasteiger partial charge in [0.25, 0.3) is 5.91 Å². The molecule has 2 amide bonds. The lowest BCUT2D eigenvalue weighted by Gasteiger charge is -2.06. The minimum atomic E-state index is -0.208. The summed E-state index contributed by atoms with van der Waals surface area (Å²) in [6.07, 6.45) is 2.85. The number of nitrogens with zero attached hydrogens (tertiary/aromatic N) is 2. The highest BCUT2D eigenvalue weighted by Crippen LogP contribution is 2.28. The number of hydrogen-bond acceptors (Lipinski definition) is 5. The molecule has 0 radical (unpaired) electrons. The lowest BCUT2D eigenvalue weighted by atomic mass is 10.1. The highest BCUT2D eigenvalue weighted by Gasteiger charge is 2.29. The molecule has 1 aliphatic carbocycles. The first-order valence-electron chi connectivity index (χ1n) is 8.51. The van der Waals surface area contributed by atoms with Gasteiger partial charge in [-0.25, -0.2) is 0 Å². The zero-order chi connectivity index (χ0) is 17.8. The Morgan fingerprint density at radius 2 is 1.92 bits per heavy atom. The van der Waals surface area contributed by atoms with Crippen LogP contribution >= 0.6 is 11.3 Å². The molecular weight excluding hydrogens is 336 g/mol. The third-order valence-corrected chi connectivity index (χ3v) is 4.76. The lowest BCUT2D eigenvalue weighted by Crippen LogP contribution is -2.24. The van der Waals surface area contributed by atoms with Crippen molar-refractivity contribution in [3.8, 4) is 0 Å². The molecule has 6 nitrogen and oxygen atoms in total. The number of carbonyl (C=O) groups is 2. The molecule has 0 atom stereocenters. The molecular formula is C18H22N4O2S. The second-order valence-corrected chi connectivity index (χ2v) is 7.80. The Labute approximate surface area is 151 Å². The van der Waals surface area contributed by atoms with Crippen LogP contribution in [-0.4, -0.2) is 22.0 Å². The van der Waals surface area contributed by atoms with Crippen molar-refractivity contribution in [2.75, 3.05) is 5.32 Å². The standard InChI is InChI=1S/C18H22N4O2S/c1-11(2)9-15-21-22-18(25-15)20-17(24)14-5-3-12(4-6-14)10-19-16(23)13-7-8-13/h3-6,11,13H,7-10H2,1-2H3,(H,19,23)(H,20,22,24). The van der Waals surface area contributed by atoms with E-state index in [2.05, 4.69) is 34.7 Å². The quantitative estimate of drug-likeness (QED) is 0.797. The van der Waals surface area contributed by atoms with E-state index in [9.17, 15) is 9.59 Å². The third kappa shape index (κ3) is 5.09. The molecule has 0 spiro atoms. The van der Waals surface area contributed by atoms with Gasteiger partial charge in [0, 0.05) is 24.4 Å². The van der Waals surface area contributed by atoms with Crippen LogP contribution in [0.15, 0.2) is 24.3 Å². The van der Waals surface area contributed by atoms with E-state index in [-0.39, 0.29) is 17.7 Å². The van der Waals surface area contributed by atoms with Crippen molar-refractivity contribution < 1.29 is 9.59 Å². The van der Waals surface area contributed by atoms with Crippen molar-refractivity contribution in [2.24, 2.45) is 11.8 Å². The molecule has 2 aromatic rings. The normalized spacial score (nSPS) is 13.7.